The zero-order chi connectivity index (χ0) is 14.7. The van der Waals surface area contributed by atoms with E-state index >= 15 is 0 Å². The first-order valence-electron chi connectivity index (χ1n) is 6.27. The van der Waals surface area contributed by atoms with Gasteiger partial charge in [-0.3, -0.25) is 0 Å². The van der Waals surface area contributed by atoms with Gasteiger partial charge in [0.2, 0.25) is 0 Å². The number of carbonyl (C=O) groups is 1. The van der Waals surface area contributed by atoms with Crippen molar-refractivity contribution in [3.63, 3.8) is 0 Å². The molecule has 0 aliphatic carbocycles. The maximum atomic E-state index is 12.9. The molecule has 0 aliphatic heterocycles. The minimum absolute atomic E-state index is 0.121. The number of anilines is 1. The number of hydrogen-bond donors (Lipinski definition) is 2. The molecule has 1 aromatic heterocycles. The molecule has 0 amide bonds. The van der Waals surface area contributed by atoms with Gasteiger partial charge in [0.25, 0.3) is 0 Å². The lowest BCUT2D eigenvalue weighted by Gasteiger charge is -2.12. The molecule has 0 spiro atoms. The van der Waals surface area contributed by atoms with Crippen LogP contribution >= 0.6 is 0 Å². The summed E-state index contributed by atoms with van der Waals surface area (Å²) < 4.78 is 12.9. The predicted octanol–water partition coefficient (Wildman–Crippen LogP) is 2.65. The van der Waals surface area contributed by atoms with E-state index in [1.54, 1.807) is 12.1 Å². The van der Waals surface area contributed by atoms with E-state index in [1.807, 2.05) is 6.92 Å². The number of nitrogens with zero attached hydrogens (tertiary/aromatic N) is 1. The van der Waals surface area contributed by atoms with E-state index in [4.69, 9.17) is 10.8 Å². The second-order valence-electron chi connectivity index (χ2n) is 4.49. The summed E-state index contributed by atoms with van der Waals surface area (Å²) in [5.74, 6) is -1.42. The normalized spacial score (nSPS) is 10.5. The van der Waals surface area contributed by atoms with Gasteiger partial charge in [0.05, 0.1) is 5.69 Å². The summed E-state index contributed by atoms with van der Waals surface area (Å²) in [6.45, 7) is 1.91. The van der Waals surface area contributed by atoms with Crippen LogP contribution in [0.4, 0.5) is 10.1 Å². The van der Waals surface area contributed by atoms with Crippen molar-refractivity contribution < 1.29 is 14.3 Å². The van der Waals surface area contributed by atoms with Crippen LogP contribution in [0.3, 0.4) is 0 Å². The smallest absolute Gasteiger partial charge is 0.356 e. The average molecular weight is 274 g/mol. The Kier molecular flexibility index (Phi) is 3.98. The number of halogens is 1. The minimum Gasteiger partial charge on any atom is -0.476 e. The van der Waals surface area contributed by atoms with Gasteiger partial charge in [0.15, 0.2) is 5.69 Å². The van der Waals surface area contributed by atoms with Crippen molar-refractivity contribution in [2.75, 3.05) is 5.73 Å². The molecule has 2 rings (SSSR count). The fourth-order valence-corrected chi connectivity index (χ4v) is 2.17. The van der Waals surface area contributed by atoms with E-state index in [-0.39, 0.29) is 17.2 Å². The zero-order valence-corrected chi connectivity index (χ0v) is 11.1. The third kappa shape index (κ3) is 2.77. The Hall–Kier alpha value is -2.43. The summed E-state index contributed by atoms with van der Waals surface area (Å²) in [5, 5.41) is 9.01. The van der Waals surface area contributed by atoms with Crippen molar-refractivity contribution >= 4 is 11.7 Å². The quantitative estimate of drug-likeness (QED) is 0.898. The van der Waals surface area contributed by atoms with Crippen LogP contribution in [0, 0.1) is 5.82 Å². The third-order valence-corrected chi connectivity index (χ3v) is 3.18. The summed E-state index contributed by atoms with van der Waals surface area (Å²) in [6.07, 6.45) is 2.69. The molecule has 1 aromatic carbocycles. The van der Waals surface area contributed by atoms with Crippen LogP contribution < -0.4 is 5.73 Å². The third-order valence-electron chi connectivity index (χ3n) is 3.18. The van der Waals surface area contributed by atoms with E-state index in [2.05, 4.69) is 4.98 Å². The summed E-state index contributed by atoms with van der Waals surface area (Å²) in [4.78, 5) is 14.9. The largest absolute Gasteiger partial charge is 0.476 e. The van der Waals surface area contributed by atoms with Gasteiger partial charge in [-0.1, -0.05) is 19.1 Å². The van der Waals surface area contributed by atoms with Crippen LogP contribution in [0.5, 0.6) is 0 Å². The zero-order valence-electron chi connectivity index (χ0n) is 11.1. The van der Waals surface area contributed by atoms with Gasteiger partial charge in [-0.25, -0.2) is 14.2 Å². The Morgan fingerprint density at radius 1 is 1.35 bits per heavy atom. The van der Waals surface area contributed by atoms with Crippen molar-refractivity contribution in [2.45, 2.75) is 19.8 Å². The molecule has 0 fully saturated rings. The Morgan fingerprint density at radius 3 is 2.55 bits per heavy atom. The number of pyridine rings is 1. The average Bonchev–Trinajstić information content (AvgIpc) is 2.41. The van der Waals surface area contributed by atoms with Gasteiger partial charge < -0.3 is 10.8 Å². The highest BCUT2D eigenvalue weighted by molar-refractivity contribution is 5.92. The maximum Gasteiger partial charge on any atom is 0.356 e. The van der Waals surface area contributed by atoms with Crippen molar-refractivity contribution in [1.82, 2.24) is 4.98 Å². The number of nitrogens with two attached hydrogens (primary N) is 1. The molecule has 0 atom stereocenters. The van der Waals surface area contributed by atoms with Crippen molar-refractivity contribution in [3.05, 3.63) is 58.7 Å². The van der Waals surface area contributed by atoms with Crippen molar-refractivity contribution in [3.8, 4) is 0 Å². The van der Waals surface area contributed by atoms with E-state index < -0.39 is 5.97 Å². The molecule has 0 radical (unpaired) electrons. The highest BCUT2D eigenvalue weighted by Gasteiger charge is 2.16. The summed E-state index contributed by atoms with van der Waals surface area (Å²) >= 11 is 0. The summed E-state index contributed by atoms with van der Waals surface area (Å²) in [7, 11) is 0. The van der Waals surface area contributed by atoms with Gasteiger partial charge in [-0.15, -0.1) is 0 Å². The van der Waals surface area contributed by atoms with E-state index in [9.17, 15) is 9.18 Å². The summed E-state index contributed by atoms with van der Waals surface area (Å²) in [5.41, 5.74) is 8.52. The Morgan fingerprint density at radius 2 is 2.00 bits per heavy atom. The lowest BCUT2D eigenvalue weighted by Crippen LogP contribution is -2.11. The summed E-state index contributed by atoms with van der Waals surface area (Å²) in [6, 6.07) is 6.17. The molecule has 0 saturated heterocycles. The number of rotatable bonds is 4. The number of hydrogen-bond acceptors (Lipinski definition) is 3. The van der Waals surface area contributed by atoms with Crippen LogP contribution in [0.25, 0.3) is 0 Å². The molecule has 0 unspecified atom stereocenters. The standard InChI is InChI=1S/C15H15FN2O2/c1-2-12-10(7-9-3-5-11(16)6-4-9)8-18-14(13(12)17)15(19)20/h3-6,8H,2,7,17H2,1H3,(H,19,20). The minimum atomic E-state index is -1.13. The van der Waals surface area contributed by atoms with Gasteiger partial charge in [0.1, 0.15) is 5.82 Å². The molecule has 20 heavy (non-hydrogen) atoms. The van der Waals surface area contributed by atoms with Crippen LogP contribution in [0.15, 0.2) is 30.5 Å². The highest BCUT2D eigenvalue weighted by atomic mass is 19.1. The van der Waals surface area contributed by atoms with Crippen LogP contribution in [0.2, 0.25) is 0 Å². The fraction of sp³-hybridized carbons (Fsp3) is 0.200. The van der Waals surface area contributed by atoms with Crippen LogP contribution in [-0.2, 0) is 12.8 Å². The number of carboxylic acids is 1. The van der Waals surface area contributed by atoms with E-state index in [0.717, 1.165) is 16.7 Å². The Balaban J connectivity index is 2.39. The monoisotopic (exact) mass is 274 g/mol. The molecule has 4 nitrogen and oxygen atoms in total. The number of benzene rings is 1. The van der Waals surface area contributed by atoms with Gasteiger partial charge in [0, 0.05) is 6.20 Å². The molecule has 1 heterocycles. The van der Waals surface area contributed by atoms with Crippen molar-refractivity contribution in [2.24, 2.45) is 0 Å². The molecule has 0 bridgehead atoms. The van der Waals surface area contributed by atoms with Gasteiger partial charge in [-0.2, -0.15) is 0 Å². The first-order chi connectivity index (χ1) is 9.52. The number of aromatic nitrogens is 1. The van der Waals surface area contributed by atoms with E-state index in [0.29, 0.717) is 12.8 Å². The molecule has 104 valence electrons. The first kappa shape index (κ1) is 14.0. The second-order valence-corrected chi connectivity index (χ2v) is 4.49. The second kappa shape index (κ2) is 5.69. The molecule has 0 saturated carbocycles. The van der Waals surface area contributed by atoms with Gasteiger partial charge in [-0.05, 0) is 41.7 Å². The first-order valence-corrected chi connectivity index (χ1v) is 6.27. The SMILES string of the molecule is CCc1c(Cc2ccc(F)cc2)cnc(C(=O)O)c1N. The van der Waals surface area contributed by atoms with Crippen LogP contribution in [0.1, 0.15) is 34.1 Å². The number of aromatic carboxylic acids is 1. The van der Waals surface area contributed by atoms with E-state index in [1.165, 1.54) is 18.3 Å². The number of carboxylic acid groups (broad SMARTS) is 1. The molecule has 3 N–H and O–H groups in total. The molecule has 2 aromatic rings. The van der Waals surface area contributed by atoms with Gasteiger partial charge >= 0.3 is 5.97 Å². The fourth-order valence-electron chi connectivity index (χ4n) is 2.17. The molecule has 0 aliphatic rings. The maximum absolute atomic E-state index is 12.9. The molecular formula is C15H15FN2O2. The highest BCUT2D eigenvalue weighted by Crippen LogP contribution is 2.23. The molecule has 5 heteroatoms. The predicted molar refractivity (Wildman–Crippen MR) is 74.2 cm³/mol. The van der Waals surface area contributed by atoms with Crippen molar-refractivity contribution in [1.29, 1.82) is 0 Å². The lowest BCUT2D eigenvalue weighted by atomic mass is 9.98. The number of nitrogen functional groups attached to an aromatic ring is 1. The molecular weight excluding hydrogens is 259 g/mol. The Bertz CT molecular complexity index is 639. The topological polar surface area (TPSA) is 76.2 Å². The Labute approximate surface area is 116 Å². The lowest BCUT2D eigenvalue weighted by molar-refractivity contribution is 0.0691. The van der Waals surface area contributed by atoms with Crippen LogP contribution in [-0.4, -0.2) is 16.1 Å².